The van der Waals surface area contributed by atoms with Crippen LogP contribution in [0.3, 0.4) is 0 Å². The summed E-state index contributed by atoms with van der Waals surface area (Å²) in [7, 11) is 0. The highest BCUT2D eigenvalue weighted by molar-refractivity contribution is 4.61. The van der Waals surface area contributed by atoms with E-state index in [9.17, 15) is 0 Å². The molecule has 0 saturated heterocycles. The summed E-state index contributed by atoms with van der Waals surface area (Å²) in [5.41, 5.74) is 0. The van der Waals surface area contributed by atoms with Gasteiger partial charge in [0.2, 0.25) is 0 Å². The van der Waals surface area contributed by atoms with Crippen LogP contribution in [0, 0.1) is 0 Å². The Balaban J connectivity index is 3.91. The van der Waals surface area contributed by atoms with Crippen LogP contribution in [0.4, 0.5) is 0 Å². The first-order valence-electron chi connectivity index (χ1n) is 25.0. The summed E-state index contributed by atoms with van der Waals surface area (Å²) in [5, 5.41) is 0. The summed E-state index contributed by atoms with van der Waals surface area (Å²) in [6.45, 7) is 7.96. The van der Waals surface area contributed by atoms with Crippen LogP contribution in [0.5, 0.6) is 0 Å². The zero-order valence-corrected chi connectivity index (χ0v) is 36.5. The van der Waals surface area contributed by atoms with Crippen molar-refractivity contribution >= 4 is 0 Å². The lowest BCUT2D eigenvalue weighted by Gasteiger charge is -2.18. The van der Waals surface area contributed by atoms with Crippen LogP contribution in [0.1, 0.15) is 310 Å². The maximum absolute atomic E-state index is 6.58. The summed E-state index contributed by atoms with van der Waals surface area (Å²) < 4.78 is 6.58. The molecule has 0 bridgehead atoms. The smallest absolute Gasteiger partial charge is 0.0575 e. The average molecular weight is 719 g/mol. The third kappa shape index (κ3) is 46.0. The molecule has 1 atom stereocenters. The summed E-state index contributed by atoms with van der Waals surface area (Å²) in [4.78, 5) is 0. The van der Waals surface area contributed by atoms with Crippen LogP contribution in [-0.4, -0.2) is 12.7 Å². The van der Waals surface area contributed by atoms with Crippen molar-refractivity contribution in [2.45, 2.75) is 316 Å². The lowest BCUT2D eigenvalue weighted by molar-refractivity contribution is 0.0357. The number of ether oxygens (including phenoxy) is 1. The predicted octanol–water partition coefficient (Wildman–Crippen LogP) is 19.0. The standard InChI is InChI=1S/C50H102O/c1-4-7-10-13-16-19-22-25-27-28-31-34-37-40-43-46-49-51-50(47-44-41-38-35-32-29-24-21-18-15-12-9-6-3)48-45-42-39-36-33-30-26-23-20-17-14-11-8-5-2/h50H,4-49H2,1-3H3. The highest BCUT2D eigenvalue weighted by atomic mass is 16.5. The molecule has 0 aromatic carbocycles. The van der Waals surface area contributed by atoms with Gasteiger partial charge in [0.25, 0.3) is 0 Å². The molecule has 0 radical (unpaired) electrons. The molecule has 1 nitrogen and oxygen atoms in total. The fourth-order valence-corrected chi connectivity index (χ4v) is 8.17. The highest BCUT2D eigenvalue weighted by Crippen LogP contribution is 2.20. The van der Waals surface area contributed by atoms with E-state index in [0.29, 0.717) is 6.10 Å². The number of hydrogen-bond acceptors (Lipinski definition) is 1. The van der Waals surface area contributed by atoms with E-state index in [1.54, 1.807) is 0 Å². The molecule has 0 amide bonds. The highest BCUT2D eigenvalue weighted by Gasteiger charge is 2.09. The first-order valence-corrected chi connectivity index (χ1v) is 25.0. The predicted molar refractivity (Wildman–Crippen MR) is 235 cm³/mol. The van der Waals surface area contributed by atoms with Gasteiger partial charge in [-0.05, 0) is 19.3 Å². The van der Waals surface area contributed by atoms with Crippen molar-refractivity contribution in [2.24, 2.45) is 0 Å². The van der Waals surface area contributed by atoms with E-state index in [4.69, 9.17) is 4.74 Å². The van der Waals surface area contributed by atoms with Crippen LogP contribution in [0.15, 0.2) is 0 Å². The van der Waals surface area contributed by atoms with Crippen LogP contribution in [-0.2, 0) is 4.74 Å². The lowest BCUT2D eigenvalue weighted by atomic mass is 10.0. The largest absolute Gasteiger partial charge is 0.378 e. The number of unbranched alkanes of at least 4 members (excludes halogenated alkanes) is 40. The van der Waals surface area contributed by atoms with Crippen LogP contribution >= 0.6 is 0 Å². The molecule has 0 aliphatic rings. The van der Waals surface area contributed by atoms with E-state index in [1.807, 2.05) is 0 Å². The zero-order chi connectivity index (χ0) is 36.8. The number of hydrogen-bond donors (Lipinski definition) is 0. The maximum Gasteiger partial charge on any atom is 0.0575 e. The molecule has 0 saturated carbocycles. The molecule has 0 aliphatic carbocycles. The molecule has 51 heavy (non-hydrogen) atoms. The van der Waals surface area contributed by atoms with Gasteiger partial charge in [-0.25, -0.2) is 0 Å². The molecule has 0 fully saturated rings. The van der Waals surface area contributed by atoms with Gasteiger partial charge in [0.1, 0.15) is 0 Å². The molecular weight excluding hydrogens is 617 g/mol. The fourth-order valence-electron chi connectivity index (χ4n) is 8.17. The quantitative estimate of drug-likeness (QED) is 0.0569. The van der Waals surface area contributed by atoms with E-state index in [1.165, 1.54) is 289 Å². The molecule has 0 heterocycles. The fraction of sp³-hybridized carbons (Fsp3) is 1.00. The summed E-state index contributed by atoms with van der Waals surface area (Å²) in [6, 6.07) is 0. The van der Waals surface area contributed by atoms with Gasteiger partial charge in [0.05, 0.1) is 6.10 Å². The van der Waals surface area contributed by atoms with Crippen molar-refractivity contribution < 1.29 is 4.74 Å². The van der Waals surface area contributed by atoms with Crippen molar-refractivity contribution in [1.82, 2.24) is 0 Å². The van der Waals surface area contributed by atoms with Gasteiger partial charge in [0.15, 0.2) is 0 Å². The maximum atomic E-state index is 6.58. The van der Waals surface area contributed by atoms with E-state index < -0.39 is 0 Å². The Bertz CT molecular complexity index is 571. The third-order valence-corrected chi connectivity index (χ3v) is 11.9. The van der Waals surface area contributed by atoms with Gasteiger partial charge in [0, 0.05) is 6.61 Å². The van der Waals surface area contributed by atoms with Crippen molar-refractivity contribution in [3.05, 3.63) is 0 Å². The van der Waals surface area contributed by atoms with Gasteiger partial charge in [-0.15, -0.1) is 0 Å². The van der Waals surface area contributed by atoms with Crippen LogP contribution in [0.25, 0.3) is 0 Å². The van der Waals surface area contributed by atoms with E-state index >= 15 is 0 Å². The Hall–Kier alpha value is -0.0400. The topological polar surface area (TPSA) is 9.23 Å². The molecule has 0 aromatic rings. The normalized spacial score (nSPS) is 12.3. The van der Waals surface area contributed by atoms with Gasteiger partial charge in [-0.3, -0.25) is 0 Å². The minimum Gasteiger partial charge on any atom is -0.378 e. The SMILES string of the molecule is CCCCCCCCCCCCCCCCCCOC(CCCCCCCCCCCCCCC)CCCCCCCCCCCCCCCC. The Morgan fingerprint density at radius 3 is 0.608 bits per heavy atom. The molecular formula is C50H102O. The molecule has 0 aromatic heterocycles. The van der Waals surface area contributed by atoms with Crippen molar-refractivity contribution in [2.75, 3.05) is 6.61 Å². The molecule has 308 valence electrons. The Morgan fingerprint density at radius 2 is 0.392 bits per heavy atom. The molecule has 1 unspecified atom stereocenters. The summed E-state index contributed by atoms with van der Waals surface area (Å²) in [6.07, 6.45) is 65.3. The Kier molecular flexibility index (Phi) is 47.9. The van der Waals surface area contributed by atoms with Crippen LogP contribution < -0.4 is 0 Å². The van der Waals surface area contributed by atoms with E-state index in [-0.39, 0.29) is 0 Å². The molecule has 1 heteroatoms. The first kappa shape index (κ1) is 51.0. The number of rotatable bonds is 47. The second kappa shape index (κ2) is 48.0. The Labute approximate surface area is 326 Å². The first-order chi connectivity index (χ1) is 25.3. The summed E-state index contributed by atoms with van der Waals surface area (Å²) >= 11 is 0. The monoisotopic (exact) mass is 719 g/mol. The minimum absolute atomic E-state index is 0.534. The summed E-state index contributed by atoms with van der Waals surface area (Å²) in [5.74, 6) is 0. The van der Waals surface area contributed by atoms with Gasteiger partial charge in [-0.1, -0.05) is 290 Å². The van der Waals surface area contributed by atoms with Gasteiger partial charge < -0.3 is 4.74 Å². The molecule has 0 aliphatic heterocycles. The molecule has 0 rings (SSSR count). The van der Waals surface area contributed by atoms with Gasteiger partial charge >= 0.3 is 0 Å². The third-order valence-electron chi connectivity index (χ3n) is 11.9. The second-order valence-corrected chi connectivity index (χ2v) is 17.2. The van der Waals surface area contributed by atoms with Crippen molar-refractivity contribution in [1.29, 1.82) is 0 Å². The Morgan fingerprint density at radius 1 is 0.216 bits per heavy atom. The van der Waals surface area contributed by atoms with Crippen LogP contribution in [0.2, 0.25) is 0 Å². The van der Waals surface area contributed by atoms with E-state index in [2.05, 4.69) is 20.8 Å². The zero-order valence-electron chi connectivity index (χ0n) is 36.5. The second-order valence-electron chi connectivity index (χ2n) is 17.2. The van der Waals surface area contributed by atoms with E-state index in [0.717, 1.165) is 6.61 Å². The molecule has 0 spiro atoms. The average Bonchev–Trinajstić information content (AvgIpc) is 3.14. The van der Waals surface area contributed by atoms with Crippen molar-refractivity contribution in [3.8, 4) is 0 Å². The minimum atomic E-state index is 0.534. The lowest BCUT2D eigenvalue weighted by Crippen LogP contribution is -2.14. The molecule has 0 N–H and O–H groups in total. The van der Waals surface area contributed by atoms with Gasteiger partial charge in [-0.2, -0.15) is 0 Å². The van der Waals surface area contributed by atoms with Crippen molar-refractivity contribution in [3.63, 3.8) is 0 Å².